The third-order valence-corrected chi connectivity index (χ3v) is 5.70. The van der Waals surface area contributed by atoms with Gasteiger partial charge in [-0.15, -0.1) is 0 Å². The molecule has 4 heterocycles. The lowest BCUT2D eigenvalue weighted by Gasteiger charge is -2.26. The van der Waals surface area contributed by atoms with Gasteiger partial charge >= 0.3 is 0 Å². The number of ether oxygens (including phenoxy) is 1. The summed E-state index contributed by atoms with van der Waals surface area (Å²) >= 11 is 0. The molecule has 0 spiro atoms. The average molecular weight is 463 g/mol. The van der Waals surface area contributed by atoms with Crippen LogP contribution >= 0.6 is 0 Å². The molecule has 1 aliphatic rings. The number of nitrogens with zero attached hydrogens (tertiary/aromatic N) is 4. The quantitative estimate of drug-likeness (QED) is 0.458. The molecule has 0 atom stereocenters. The molecule has 0 radical (unpaired) electrons. The summed E-state index contributed by atoms with van der Waals surface area (Å²) in [5, 5.41) is 2.86. The number of fused-ring (bicyclic) bond motifs is 1. The van der Waals surface area contributed by atoms with Gasteiger partial charge in [0.15, 0.2) is 0 Å². The zero-order chi connectivity index (χ0) is 23.5. The summed E-state index contributed by atoms with van der Waals surface area (Å²) in [5.41, 5.74) is 2.65. The van der Waals surface area contributed by atoms with E-state index in [-0.39, 0.29) is 11.5 Å². The van der Waals surface area contributed by atoms with Gasteiger partial charge in [-0.2, -0.15) is 0 Å². The zero-order valence-corrected chi connectivity index (χ0v) is 18.3. The minimum absolute atomic E-state index is 0.0736. The number of nitrogens with one attached hydrogen (secondary N) is 1. The minimum atomic E-state index is -2.56. The maximum atomic E-state index is 13.1. The number of rotatable bonds is 6. The van der Waals surface area contributed by atoms with Crippen LogP contribution in [0.5, 0.6) is 0 Å². The van der Waals surface area contributed by atoms with Gasteiger partial charge < -0.3 is 14.5 Å². The van der Waals surface area contributed by atoms with Crippen molar-refractivity contribution in [3.8, 4) is 11.3 Å². The molecule has 1 saturated heterocycles. The van der Waals surface area contributed by atoms with Crippen molar-refractivity contribution < 1.29 is 18.3 Å². The first-order valence-electron chi connectivity index (χ1n) is 11.0. The Labute approximate surface area is 195 Å². The van der Waals surface area contributed by atoms with Crippen molar-refractivity contribution in [1.82, 2.24) is 19.3 Å². The standard InChI is InChI=1S/C25H23F2N5O2/c26-23(27)18-5-1-4-17(14-18)21-16-32-9-3-7-20(24(32)29-21)25(33)30-22-8-2-6-19(28-22)15-31-10-12-34-13-11-31/h1-9,14,16,23H,10-13,15H2,(H,28,30,33). The first-order valence-corrected chi connectivity index (χ1v) is 11.0. The number of benzene rings is 1. The summed E-state index contributed by atoms with van der Waals surface area (Å²) in [4.78, 5) is 24.5. The molecule has 1 fully saturated rings. The summed E-state index contributed by atoms with van der Waals surface area (Å²) in [6, 6.07) is 15.0. The van der Waals surface area contributed by atoms with Gasteiger partial charge in [0.2, 0.25) is 0 Å². The third kappa shape index (κ3) is 4.80. The summed E-state index contributed by atoms with van der Waals surface area (Å²) in [6.45, 7) is 3.80. The van der Waals surface area contributed by atoms with Crippen LogP contribution in [0.25, 0.3) is 16.9 Å². The zero-order valence-electron chi connectivity index (χ0n) is 18.3. The topological polar surface area (TPSA) is 71.8 Å². The Balaban J connectivity index is 1.38. The highest BCUT2D eigenvalue weighted by Gasteiger charge is 2.17. The molecule has 5 rings (SSSR count). The van der Waals surface area contributed by atoms with Gasteiger partial charge in [0.05, 0.1) is 30.2 Å². The van der Waals surface area contributed by atoms with Gasteiger partial charge in [0.1, 0.15) is 11.5 Å². The molecule has 174 valence electrons. The molecule has 0 aliphatic carbocycles. The summed E-state index contributed by atoms with van der Waals surface area (Å²) in [7, 11) is 0. The number of anilines is 1. The number of aromatic nitrogens is 3. The van der Waals surface area contributed by atoms with Gasteiger partial charge in [0.25, 0.3) is 12.3 Å². The molecule has 1 N–H and O–H groups in total. The highest BCUT2D eigenvalue weighted by Crippen LogP contribution is 2.26. The first kappa shape index (κ1) is 22.1. The van der Waals surface area contributed by atoms with Crippen molar-refractivity contribution in [3.05, 3.63) is 83.8 Å². The van der Waals surface area contributed by atoms with E-state index in [0.29, 0.717) is 48.0 Å². The number of carbonyl (C=O) groups excluding carboxylic acids is 1. The second kappa shape index (κ2) is 9.66. The Hall–Kier alpha value is -3.69. The molecule has 0 unspecified atom stereocenters. The van der Waals surface area contributed by atoms with E-state index in [1.54, 1.807) is 47.1 Å². The average Bonchev–Trinajstić information content (AvgIpc) is 3.29. The Kier molecular flexibility index (Phi) is 6.29. The van der Waals surface area contributed by atoms with E-state index in [4.69, 9.17) is 4.74 Å². The number of imidazole rings is 1. The number of hydrogen-bond donors (Lipinski definition) is 1. The van der Waals surface area contributed by atoms with Gasteiger partial charge in [-0.25, -0.2) is 18.7 Å². The highest BCUT2D eigenvalue weighted by atomic mass is 19.3. The molecular weight excluding hydrogens is 440 g/mol. The van der Waals surface area contributed by atoms with E-state index >= 15 is 0 Å². The second-order valence-electron chi connectivity index (χ2n) is 8.06. The van der Waals surface area contributed by atoms with Gasteiger partial charge in [-0.05, 0) is 30.3 Å². The van der Waals surface area contributed by atoms with Crippen LogP contribution in [0.2, 0.25) is 0 Å². The van der Waals surface area contributed by atoms with Crippen molar-refractivity contribution in [2.75, 3.05) is 31.6 Å². The second-order valence-corrected chi connectivity index (χ2v) is 8.06. The van der Waals surface area contributed by atoms with Crippen LogP contribution in [0, 0.1) is 0 Å². The van der Waals surface area contributed by atoms with Crippen molar-refractivity contribution >= 4 is 17.4 Å². The fraction of sp³-hybridized carbons (Fsp3) is 0.240. The summed E-state index contributed by atoms with van der Waals surface area (Å²) in [6.07, 6.45) is 0.920. The lowest BCUT2D eigenvalue weighted by Crippen LogP contribution is -2.35. The molecular formula is C25H23F2N5O2. The molecule has 7 nitrogen and oxygen atoms in total. The molecule has 1 amide bonds. The SMILES string of the molecule is O=C(Nc1cccc(CN2CCOCC2)n1)c1cccn2cc(-c3cccc(C(F)F)c3)nc12. The smallest absolute Gasteiger partial charge is 0.263 e. The van der Waals surface area contributed by atoms with E-state index in [0.717, 1.165) is 18.8 Å². The van der Waals surface area contributed by atoms with Crippen LogP contribution in [0.15, 0.2) is 67.0 Å². The fourth-order valence-electron chi connectivity index (χ4n) is 3.97. The number of carbonyl (C=O) groups is 1. The predicted molar refractivity (Wildman–Crippen MR) is 124 cm³/mol. The Bertz CT molecular complexity index is 1320. The molecule has 0 saturated carbocycles. The molecule has 34 heavy (non-hydrogen) atoms. The monoisotopic (exact) mass is 463 g/mol. The molecule has 1 aliphatic heterocycles. The van der Waals surface area contributed by atoms with E-state index in [1.807, 2.05) is 12.1 Å². The number of amides is 1. The molecule has 1 aromatic carbocycles. The highest BCUT2D eigenvalue weighted by molar-refractivity contribution is 6.08. The van der Waals surface area contributed by atoms with Gasteiger partial charge in [-0.1, -0.05) is 24.3 Å². The largest absolute Gasteiger partial charge is 0.379 e. The van der Waals surface area contributed by atoms with Crippen LogP contribution in [-0.4, -0.2) is 51.5 Å². The lowest BCUT2D eigenvalue weighted by atomic mass is 10.1. The molecule has 0 bridgehead atoms. The van der Waals surface area contributed by atoms with E-state index < -0.39 is 6.43 Å². The van der Waals surface area contributed by atoms with E-state index in [2.05, 4.69) is 20.2 Å². The van der Waals surface area contributed by atoms with E-state index in [1.165, 1.54) is 12.1 Å². The van der Waals surface area contributed by atoms with E-state index in [9.17, 15) is 13.6 Å². The number of alkyl halides is 2. The van der Waals surface area contributed by atoms with Crippen molar-refractivity contribution in [2.45, 2.75) is 13.0 Å². The van der Waals surface area contributed by atoms with Gasteiger partial charge in [0, 0.05) is 43.2 Å². The number of pyridine rings is 2. The van der Waals surface area contributed by atoms with Crippen molar-refractivity contribution in [2.24, 2.45) is 0 Å². The predicted octanol–water partition coefficient (Wildman–Crippen LogP) is 4.42. The normalized spacial score (nSPS) is 14.6. The third-order valence-electron chi connectivity index (χ3n) is 5.70. The number of hydrogen-bond acceptors (Lipinski definition) is 5. The van der Waals surface area contributed by atoms with Crippen LogP contribution in [0.3, 0.4) is 0 Å². The van der Waals surface area contributed by atoms with Crippen LogP contribution in [0.1, 0.15) is 28.0 Å². The summed E-state index contributed by atoms with van der Waals surface area (Å²) in [5.74, 6) is 0.106. The number of morpholine rings is 1. The first-order chi connectivity index (χ1) is 16.6. The van der Waals surface area contributed by atoms with Crippen LogP contribution in [-0.2, 0) is 11.3 Å². The molecule has 3 aromatic heterocycles. The molecule has 9 heteroatoms. The molecule has 4 aromatic rings. The minimum Gasteiger partial charge on any atom is -0.379 e. The van der Waals surface area contributed by atoms with Crippen molar-refractivity contribution in [1.29, 1.82) is 0 Å². The Morgan fingerprint density at radius 3 is 2.71 bits per heavy atom. The Morgan fingerprint density at radius 2 is 1.88 bits per heavy atom. The van der Waals surface area contributed by atoms with Gasteiger partial charge in [-0.3, -0.25) is 9.69 Å². The van der Waals surface area contributed by atoms with Crippen LogP contribution < -0.4 is 5.32 Å². The summed E-state index contributed by atoms with van der Waals surface area (Å²) < 4.78 is 33.3. The lowest BCUT2D eigenvalue weighted by molar-refractivity contribution is 0.0337. The van der Waals surface area contributed by atoms with Crippen molar-refractivity contribution in [3.63, 3.8) is 0 Å². The van der Waals surface area contributed by atoms with Crippen LogP contribution in [0.4, 0.5) is 14.6 Å². The number of halogens is 2. The maximum Gasteiger partial charge on any atom is 0.263 e. The Morgan fingerprint density at radius 1 is 1.06 bits per heavy atom. The fourth-order valence-corrected chi connectivity index (χ4v) is 3.97. The maximum absolute atomic E-state index is 13.1.